The highest BCUT2D eigenvalue weighted by Gasteiger charge is 2.21. The highest BCUT2D eigenvalue weighted by atomic mass is 79.9. The Morgan fingerprint density at radius 2 is 2.30 bits per heavy atom. The number of halogens is 1. The second kappa shape index (κ2) is 6.04. The van der Waals surface area contributed by atoms with Gasteiger partial charge in [-0.1, -0.05) is 0 Å². The molecule has 110 valence electrons. The lowest BCUT2D eigenvalue weighted by atomic mass is 10.4. The smallest absolute Gasteiger partial charge is 0.244 e. The molecule has 0 saturated heterocycles. The van der Waals surface area contributed by atoms with E-state index in [0.717, 1.165) is 0 Å². The lowest BCUT2D eigenvalue weighted by Crippen LogP contribution is -2.26. The van der Waals surface area contributed by atoms with Crippen molar-refractivity contribution in [3.05, 3.63) is 28.6 Å². The van der Waals surface area contributed by atoms with Crippen molar-refractivity contribution < 1.29 is 12.8 Å². The average molecular weight is 364 g/mol. The van der Waals surface area contributed by atoms with Gasteiger partial charge in [-0.3, -0.25) is 0 Å². The van der Waals surface area contributed by atoms with Gasteiger partial charge < -0.3 is 14.7 Å². The standard InChI is InChI=1S/C10H14BrN5O3S/c1-16-6-13-15-9(16)2-3-14-20(17,18)8-4-7(5-12)19-10(8)11/h4,6,14H,2-3,5,12H2,1H3. The fourth-order valence-corrected chi connectivity index (χ4v) is 3.62. The van der Waals surface area contributed by atoms with Crippen LogP contribution in [0, 0.1) is 0 Å². The van der Waals surface area contributed by atoms with E-state index in [2.05, 4.69) is 30.8 Å². The van der Waals surface area contributed by atoms with Crippen LogP contribution >= 0.6 is 15.9 Å². The van der Waals surface area contributed by atoms with Gasteiger partial charge >= 0.3 is 0 Å². The molecule has 0 aliphatic carbocycles. The summed E-state index contributed by atoms with van der Waals surface area (Å²) in [6.45, 7) is 0.345. The van der Waals surface area contributed by atoms with Crippen LogP contribution in [-0.2, 0) is 30.0 Å². The molecule has 10 heteroatoms. The van der Waals surface area contributed by atoms with Crippen molar-refractivity contribution in [2.24, 2.45) is 12.8 Å². The minimum atomic E-state index is -3.65. The summed E-state index contributed by atoms with van der Waals surface area (Å²) < 4.78 is 33.7. The summed E-state index contributed by atoms with van der Waals surface area (Å²) in [6.07, 6.45) is 2.00. The Bertz CT molecular complexity index is 694. The van der Waals surface area contributed by atoms with E-state index in [1.807, 2.05) is 0 Å². The monoisotopic (exact) mass is 363 g/mol. The Morgan fingerprint density at radius 3 is 2.85 bits per heavy atom. The van der Waals surface area contributed by atoms with Gasteiger partial charge in [0.1, 0.15) is 22.8 Å². The Balaban J connectivity index is 2.04. The van der Waals surface area contributed by atoms with Gasteiger partial charge in [-0.15, -0.1) is 10.2 Å². The molecule has 8 nitrogen and oxygen atoms in total. The predicted molar refractivity (Wildman–Crippen MR) is 74.2 cm³/mol. The molecule has 0 spiro atoms. The minimum absolute atomic E-state index is 0.0379. The van der Waals surface area contributed by atoms with Gasteiger partial charge in [0.25, 0.3) is 0 Å². The molecule has 0 aliphatic rings. The number of hydrogen-bond acceptors (Lipinski definition) is 6. The van der Waals surface area contributed by atoms with Crippen molar-refractivity contribution in [2.75, 3.05) is 6.54 Å². The second-order valence-corrected chi connectivity index (χ2v) is 6.52. The molecule has 2 aromatic rings. The van der Waals surface area contributed by atoms with Crippen LogP contribution in [0.25, 0.3) is 0 Å². The summed E-state index contributed by atoms with van der Waals surface area (Å²) in [5.41, 5.74) is 5.41. The van der Waals surface area contributed by atoms with Crippen molar-refractivity contribution in [3.63, 3.8) is 0 Å². The van der Waals surface area contributed by atoms with Crippen LogP contribution in [-0.4, -0.2) is 29.7 Å². The van der Waals surface area contributed by atoms with Crippen LogP contribution in [0.5, 0.6) is 0 Å². The van der Waals surface area contributed by atoms with Crippen LogP contribution in [0.4, 0.5) is 0 Å². The third kappa shape index (κ3) is 3.26. The number of nitrogens with two attached hydrogens (primary N) is 1. The van der Waals surface area contributed by atoms with Crippen LogP contribution in [0.15, 0.2) is 26.4 Å². The molecule has 0 unspecified atom stereocenters. The van der Waals surface area contributed by atoms with Gasteiger partial charge in [0, 0.05) is 26.1 Å². The zero-order chi connectivity index (χ0) is 14.8. The van der Waals surface area contributed by atoms with Gasteiger partial charge in [0.05, 0.1) is 6.54 Å². The molecule has 0 fully saturated rings. The predicted octanol–water partition coefficient (Wildman–Crippen LogP) is 0.150. The molecule has 2 rings (SSSR count). The first-order chi connectivity index (χ1) is 9.44. The maximum atomic E-state index is 12.1. The van der Waals surface area contributed by atoms with E-state index in [-0.39, 0.29) is 22.7 Å². The van der Waals surface area contributed by atoms with Crippen LogP contribution in [0.1, 0.15) is 11.6 Å². The molecule has 2 aromatic heterocycles. The van der Waals surface area contributed by atoms with Gasteiger partial charge in [-0.25, -0.2) is 13.1 Å². The first-order valence-electron chi connectivity index (χ1n) is 5.75. The second-order valence-electron chi connectivity index (χ2n) is 4.06. The highest BCUT2D eigenvalue weighted by Crippen LogP contribution is 2.25. The normalized spacial score (nSPS) is 11.9. The first kappa shape index (κ1) is 15.2. The number of furan rings is 1. The quantitative estimate of drug-likeness (QED) is 0.754. The lowest BCUT2D eigenvalue weighted by Gasteiger charge is -2.04. The molecular formula is C10H14BrN5O3S. The maximum Gasteiger partial charge on any atom is 0.244 e. The van der Waals surface area contributed by atoms with Gasteiger partial charge in [0.2, 0.25) is 10.0 Å². The van der Waals surface area contributed by atoms with Crippen molar-refractivity contribution in [1.82, 2.24) is 19.5 Å². The summed E-state index contributed by atoms with van der Waals surface area (Å²) in [5, 5.41) is 7.60. The van der Waals surface area contributed by atoms with E-state index in [0.29, 0.717) is 18.0 Å². The zero-order valence-electron chi connectivity index (χ0n) is 10.7. The van der Waals surface area contributed by atoms with Crippen molar-refractivity contribution >= 4 is 26.0 Å². The summed E-state index contributed by atoms with van der Waals surface area (Å²) >= 11 is 3.07. The summed E-state index contributed by atoms with van der Waals surface area (Å²) in [6, 6.07) is 1.40. The van der Waals surface area contributed by atoms with E-state index in [1.165, 1.54) is 6.07 Å². The molecular weight excluding hydrogens is 350 g/mol. The fraction of sp³-hybridized carbons (Fsp3) is 0.400. The summed E-state index contributed by atoms with van der Waals surface area (Å²) in [7, 11) is -1.85. The average Bonchev–Trinajstić information content (AvgIpc) is 2.96. The molecule has 20 heavy (non-hydrogen) atoms. The minimum Gasteiger partial charge on any atom is -0.452 e. The molecule has 0 aromatic carbocycles. The SMILES string of the molecule is Cn1cnnc1CCNS(=O)(=O)c1cc(CN)oc1Br. The Morgan fingerprint density at radius 1 is 1.55 bits per heavy atom. The van der Waals surface area contributed by atoms with Crippen molar-refractivity contribution in [2.45, 2.75) is 17.9 Å². The van der Waals surface area contributed by atoms with Crippen molar-refractivity contribution in [3.8, 4) is 0 Å². The lowest BCUT2D eigenvalue weighted by molar-refractivity contribution is 0.483. The number of rotatable bonds is 6. The summed E-state index contributed by atoms with van der Waals surface area (Å²) in [5.74, 6) is 1.09. The molecule has 0 bridgehead atoms. The first-order valence-corrected chi connectivity index (χ1v) is 8.02. The molecule has 0 atom stereocenters. The number of sulfonamides is 1. The molecule has 0 aliphatic heterocycles. The molecule has 2 heterocycles. The number of hydrogen-bond donors (Lipinski definition) is 2. The molecule has 0 amide bonds. The van der Waals surface area contributed by atoms with E-state index in [1.54, 1.807) is 17.9 Å². The molecule has 0 radical (unpaired) electrons. The molecule has 0 saturated carbocycles. The van der Waals surface area contributed by atoms with Crippen molar-refractivity contribution in [1.29, 1.82) is 0 Å². The summed E-state index contributed by atoms with van der Waals surface area (Å²) in [4.78, 5) is 0.0379. The third-order valence-corrected chi connectivity index (χ3v) is 4.96. The maximum absolute atomic E-state index is 12.1. The third-order valence-electron chi connectivity index (χ3n) is 2.64. The van der Waals surface area contributed by atoms with Crippen LogP contribution in [0.3, 0.4) is 0 Å². The van der Waals surface area contributed by atoms with Crippen LogP contribution in [0.2, 0.25) is 0 Å². The Kier molecular flexibility index (Phi) is 4.58. The van der Waals surface area contributed by atoms with E-state index in [4.69, 9.17) is 10.2 Å². The highest BCUT2D eigenvalue weighted by molar-refractivity contribution is 9.10. The van der Waals surface area contributed by atoms with E-state index < -0.39 is 10.0 Å². The van der Waals surface area contributed by atoms with Gasteiger partial charge in [-0.2, -0.15) is 0 Å². The molecule has 3 N–H and O–H groups in total. The van der Waals surface area contributed by atoms with Gasteiger partial charge in [0.15, 0.2) is 4.67 Å². The topological polar surface area (TPSA) is 116 Å². The number of aromatic nitrogens is 3. The van der Waals surface area contributed by atoms with Crippen LogP contribution < -0.4 is 10.5 Å². The van der Waals surface area contributed by atoms with E-state index >= 15 is 0 Å². The fourth-order valence-electron chi connectivity index (χ4n) is 1.59. The zero-order valence-corrected chi connectivity index (χ0v) is 13.1. The Labute approximate surface area is 124 Å². The largest absolute Gasteiger partial charge is 0.452 e. The number of nitrogens with one attached hydrogen (secondary N) is 1. The number of nitrogens with zero attached hydrogens (tertiary/aromatic N) is 3. The number of aryl methyl sites for hydroxylation is 1. The van der Waals surface area contributed by atoms with Gasteiger partial charge in [-0.05, 0) is 15.9 Å². The van der Waals surface area contributed by atoms with E-state index in [9.17, 15) is 8.42 Å². The Hall–Kier alpha value is -1.23.